The summed E-state index contributed by atoms with van der Waals surface area (Å²) in [6.07, 6.45) is 1.11. The van der Waals surface area contributed by atoms with E-state index < -0.39 is 37.4 Å². The molecule has 0 atom stereocenters. The first kappa shape index (κ1) is 24.4. The Balaban J connectivity index is 1.78. The second-order valence-electron chi connectivity index (χ2n) is 6.55. The number of anilines is 1. The van der Waals surface area contributed by atoms with Crippen LogP contribution in [-0.4, -0.2) is 43.3 Å². The van der Waals surface area contributed by atoms with Crippen molar-refractivity contribution in [3.8, 4) is 5.75 Å². The fourth-order valence-corrected chi connectivity index (χ4v) is 2.54. The van der Waals surface area contributed by atoms with E-state index in [4.69, 9.17) is 4.74 Å². The molecule has 2 N–H and O–H groups in total. The molecular formula is C22H22F2N2O6. The molecular weight excluding hydrogens is 426 g/mol. The van der Waals surface area contributed by atoms with Gasteiger partial charge in [0.15, 0.2) is 12.4 Å². The second kappa shape index (κ2) is 12.1. The van der Waals surface area contributed by atoms with E-state index in [2.05, 4.69) is 15.4 Å². The number of amides is 2. The summed E-state index contributed by atoms with van der Waals surface area (Å²) in [7, 11) is 0. The van der Waals surface area contributed by atoms with Crippen LogP contribution in [0.4, 0.5) is 14.5 Å². The number of esters is 1. The molecule has 8 nitrogen and oxygen atoms in total. The molecule has 0 unspecified atom stereocenters. The van der Waals surface area contributed by atoms with Crippen LogP contribution in [0.3, 0.4) is 0 Å². The summed E-state index contributed by atoms with van der Waals surface area (Å²) in [5, 5.41) is 4.96. The maximum atomic E-state index is 12.2. The number of carbonyl (C=O) groups excluding carboxylic acids is 4. The van der Waals surface area contributed by atoms with Crippen molar-refractivity contribution in [2.45, 2.75) is 26.4 Å². The van der Waals surface area contributed by atoms with E-state index in [1.807, 2.05) is 6.92 Å². The van der Waals surface area contributed by atoms with Crippen molar-refractivity contribution in [2.75, 3.05) is 18.5 Å². The molecule has 0 radical (unpaired) electrons. The maximum Gasteiger partial charge on any atom is 0.387 e. The fourth-order valence-electron chi connectivity index (χ4n) is 2.54. The van der Waals surface area contributed by atoms with E-state index in [-0.39, 0.29) is 22.8 Å². The second-order valence-corrected chi connectivity index (χ2v) is 6.55. The number of ether oxygens (including phenoxy) is 2. The van der Waals surface area contributed by atoms with Crippen LogP contribution in [0.15, 0.2) is 48.5 Å². The number of nitrogens with one attached hydrogen (secondary N) is 2. The SMILES string of the molecule is CCCC(=O)Nc1ccc(C(=O)COC(=O)CNC(=O)c2cccc(OC(F)F)c2)cc1. The molecule has 10 heteroatoms. The minimum atomic E-state index is -3.03. The van der Waals surface area contributed by atoms with Crippen molar-refractivity contribution in [3.05, 3.63) is 59.7 Å². The van der Waals surface area contributed by atoms with E-state index in [0.29, 0.717) is 18.5 Å². The van der Waals surface area contributed by atoms with Gasteiger partial charge in [-0.2, -0.15) is 8.78 Å². The maximum absolute atomic E-state index is 12.2. The summed E-state index contributed by atoms with van der Waals surface area (Å²) in [6, 6.07) is 11.2. The third kappa shape index (κ3) is 8.13. The van der Waals surface area contributed by atoms with Crippen LogP contribution >= 0.6 is 0 Å². The highest BCUT2D eigenvalue weighted by Gasteiger charge is 2.14. The number of halogens is 2. The van der Waals surface area contributed by atoms with Crippen LogP contribution in [0, 0.1) is 0 Å². The molecule has 0 fully saturated rings. The number of alkyl halides is 2. The average molecular weight is 448 g/mol. The van der Waals surface area contributed by atoms with Gasteiger partial charge < -0.3 is 20.1 Å². The molecule has 2 aromatic rings. The number of benzene rings is 2. The van der Waals surface area contributed by atoms with Crippen molar-refractivity contribution >= 4 is 29.3 Å². The van der Waals surface area contributed by atoms with E-state index >= 15 is 0 Å². The minimum absolute atomic E-state index is 0.0122. The predicted molar refractivity (Wildman–Crippen MR) is 111 cm³/mol. The zero-order chi connectivity index (χ0) is 23.5. The summed E-state index contributed by atoms with van der Waals surface area (Å²) in [4.78, 5) is 47.5. The highest BCUT2D eigenvalue weighted by atomic mass is 19.3. The van der Waals surface area contributed by atoms with Crippen LogP contribution in [0.5, 0.6) is 5.75 Å². The topological polar surface area (TPSA) is 111 Å². The van der Waals surface area contributed by atoms with Gasteiger partial charge in [-0.25, -0.2) is 0 Å². The molecule has 2 rings (SSSR count). The van der Waals surface area contributed by atoms with Crippen LogP contribution < -0.4 is 15.4 Å². The molecule has 0 bridgehead atoms. The standard InChI is InChI=1S/C22H22F2N2O6/c1-2-4-19(28)26-16-9-7-14(8-10-16)18(27)13-31-20(29)12-25-21(30)15-5-3-6-17(11-15)32-22(23)24/h3,5-11,22H,2,4,12-13H2,1H3,(H,25,30)(H,26,28). The Hall–Kier alpha value is -3.82. The quantitative estimate of drug-likeness (QED) is 0.404. The van der Waals surface area contributed by atoms with Crippen LogP contribution in [-0.2, 0) is 14.3 Å². The normalized spacial score (nSPS) is 10.4. The van der Waals surface area contributed by atoms with Crippen LogP contribution in [0.2, 0.25) is 0 Å². The zero-order valence-corrected chi connectivity index (χ0v) is 17.2. The van der Waals surface area contributed by atoms with Gasteiger partial charge in [-0.3, -0.25) is 19.2 Å². The van der Waals surface area contributed by atoms with Gasteiger partial charge >= 0.3 is 12.6 Å². The van der Waals surface area contributed by atoms with Crippen molar-refractivity contribution in [1.29, 1.82) is 0 Å². The Morgan fingerprint density at radius 1 is 1.00 bits per heavy atom. The van der Waals surface area contributed by atoms with E-state index in [9.17, 15) is 28.0 Å². The molecule has 32 heavy (non-hydrogen) atoms. The molecule has 0 heterocycles. The van der Waals surface area contributed by atoms with E-state index in [1.165, 1.54) is 30.3 Å². The van der Waals surface area contributed by atoms with Gasteiger partial charge in [0.05, 0.1) is 0 Å². The van der Waals surface area contributed by atoms with Gasteiger partial charge in [-0.15, -0.1) is 0 Å². The third-order valence-corrected chi connectivity index (χ3v) is 4.05. The minimum Gasteiger partial charge on any atom is -0.456 e. The smallest absolute Gasteiger partial charge is 0.387 e. The molecule has 2 aromatic carbocycles. The van der Waals surface area contributed by atoms with Crippen LogP contribution in [0.25, 0.3) is 0 Å². The monoisotopic (exact) mass is 448 g/mol. The fraction of sp³-hybridized carbons (Fsp3) is 0.273. The highest BCUT2D eigenvalue weighted by Crippen LogP contribution is 2.16. The molecule has 0 aliphatic rings. The Kier molecular flexibility index (Phi) is 9.27. The molecule has 0 spiro atoms. The van der Waals surface area contributed by atoms with Gasteiger partial charge in [-0.1, -0.05) is 13.0 Å². The van der Waals surface area contributed by atoms with Crippen LogP contribution in [0.1, 0.15) is 40.5 Å². The molecule has 0 aliphatic carbocycles. The van der Waals surface area contributed by atoms with Gasteiger partial charge in [0.1, 0.15) is 12.3 Å². The molecule has 0 aliphatic heterocycles. The Morgan fingerprint density at radius 3 is 2.38 bits per heavy atom. The lowest BCUT2D eigenvalue weighted by atomic mass is 10.1. The van der Waals surface area contributed by atoms with Crippen molar-refractivity contribution in [1.82, 2.24) is 5.32 Å². The van der Waals surface area contributed by atoms with Gasteiger partial charge in [-0.05, 0) is 48.9 Å². The third-order valence-electron chi connectivity index (χ3n) is 4.05. The average Bonchev–Trinajstić information content (AvgIpc) is 2.76. The molecule has 170 valence electrons. The number of rotatable bonds is 11. The Morgan fingerprint density at radius 2 is 1.72 bits per heavy atom. The summed E-state index contributed by atoms with van der Waals surface area (Å²) < 4.78 is 33.6. The lowest BCUT2D eigenvalue weighted by Crippen LogP contribution is -2.31. The summed E-state index contributed by atoms with van der Waals surface area (Å²) in [5.74, 6) is -2.34. The summed E-state index contributed by atoms with van der Waals surface area (Å²) in [6.45, 7) is -2.20. The first-order chi connectivity index (χ1) is 15.3. The highest BCUT2D eigenvalue weighted by molar-refractivity contribution is 5.99. The van der Waals surface area contributed by atoms with Crippen molar-refractivity contribution < 1.29 is 37.4 Å². The molecule has 0 aromatic heterocycles. The lowest BCUT2D eigenvalue weighted by Gasteiger charge is -2.08. The molecule has 0 saturated heterocycles. The zero-order valence-electron chi connectivity index (χ0n) is 17.2. The first-order valence-corrected chi connectivity index (χ1v) is 9.70. The summed E-state index contributed by atoms with van der Waals surface area (Å²) in [5.41, 5.74) is 0.840. The largest absolute Gasteiger partial charge is 0.456 e. The van der Waals surface area contributed by atoms with E-state index in [0.717, 1.165) is 6.07 Å². The van der Waals surface area contributed by atoms with E-state index in [1.54, 1.807) is 12.1 Å². The number of Topliss-reactive ketones (excluding diaryl/α,β-unsaturated/α-hetero) is 1. The van der Waals surface area contributed by atoms with Gasteiger partial charge in [0.2, 0.25) is 5.91 Å². The molecule has 0 saturated carbocycles. The molecule has 2 amide bonds. The Bertz CT molecular complexity index is 963. The number of carbonyl (C=O) groups is 4. The van der Waals surface area contributed by atoms with Crippen molar-refractivity contribution in [2.24, 2.45) is 0 Å². The van der Waals surface area contributed by atoms with Gasteiger partial charge in [0.25, 0.3) is 5.91 Å². The number of hydrogen-bond donors (Lipinski definition) is 2. The summed E-state index contributed by atoms with van der Waals surface area (Å²) >= 11 is 0. The number of hydrogen-bond acceptors (Lipinski definition) is 6. The van der Waals surface area contributed by atoms with Gasteiger partial charge in [0, 0.05) is 23.2 Å². The lowest BCUT2D eigenvalue weighted by molar-refractivity contribution is -0.141. The first-order valence-electron chi connectivity index (χ1n) is 9.70. The Labute approximate surface area is 182 Å². The number of ketones is 1. The predicted octanol–water partition coefficient (Wildman–Crippen LogP) is 3.18. The van der Waals surface area contributed by atoms with Crippen molar-refractivity contribution in [3.63, 3.8) is 0 Å².